The van der Waals surface area contributed by atoms with Crippen LogP contribution in [0.5, 0.6) is 0 Å². The van der Waals surface area contributed by atoms with Gasteiger partial charge in [0.1, 0.15) is 0 Å². The van der Waals surface area contributed by atoms with Crippen molar-refractivity contribution in [3.63, 3.8) is 0 Å². The minimum absolute atomic E-state index is 0.810. The lowest BCUT2D eigenvalue weighted by atomic mass is 10.3. The molecular weight excluding hydrogens is 236 g/mol. The van der Waals surface area contributed by atoms with Crippen LogP contribution in [0.4, 0.5) is 5.69 Å². The van der Waals surface area contributed by atoms with Gasteiger partial charge < -0.3 is 4.90 Å². The Morgan fingerprint density at radius 2 is 1.37 bits per heavy atom. The van der Waals surface area contributed by atoms with Crippen LogP contribution in [-0.4, -0.2) is 29.0 Å². The molecule has 0 N–H and O–H groups in total. The van der Waals surface area contributed by atoms with E-state index in [2.05, 4.69) is 15.0 Å². The largest absolute Gasteiger partial charge is 0.378 e. The van der Waals surface area contributed by atoms with E-state index in [1.807, 2.05) is 55.4 Å². The summed E-state index contributed by atoms with van der Waals surface area (Å²) in [6.45, 7) is 0. The van der Waals surface area contributed by atoms with Crippen molar-refractivity contribution < 1.29 is 0 Å². The fourth-order valence-electron chi connectivity index (χ4n) is 1.55. The minimum atomic E-state index is 0.810. The number of aromatic nitrogens is 3. The fourth-order valence-corrected chi connectivity index (χ4v) is 1.55. The van der Waals surface area contributed by atoms with E-state index < -0.39 is 0 Å². The van der Waals surface area contributed by atoms with E-state index in [1.54, 1.807) is 24.8 Å². The molecule has 0 bridgehead atoms. The van der Waals surface area contributed by atoms with Crippen molar-refractivity contribution in [2.45, 2.75) is 0 Å². The summed E-state index contributed by atoms with van der Waals surface area (Å²) in [5.74, 6) is 0. The van der Waals surface area contributed by atoms with Gasteiger partial charge >= 0.3 is 0 Å². The Morgan fingerprint density at radius 1 is 0.789 bits per heavy atom. The van der Waals surface area contributed by atoms with E-state index in [9.17, 15) is 0 Å². The van der Waals surface area contributed by atoms with Gasteiger partial charge in [0.25, 0.3) is 0 Å². The zero-order valence-electron chi connectivity index (χ0n) is 11.1. The normalized spacial score (nSPS) is 9.58. The zero-order valence-corrected chi connectivity index (χ0v) is 11.1. The highest BCUT2D eigenvalue weighted by Gasteiger charge is 1.89. The topological polar surface area (TPSA) is 41.9 Å². The van der Waals surface area contributed by atoms with Gasteiger partial charge in [-0.25, -0.2) is 9.97 Å². The van der Waals surface area contributed by atoms with E-state index in [0.717, 1.165) is 11.0 Å². The Bertz CT molecular complexity index is 558. The van der Waals surface area contributed by atoms with Crippen molar-refractivity contribution in [3.8, 4) is 0 Å². The van der Waals surface area contributed by atoms with Crippen molar-refractivity contribution in [2.75, 3.05) is 19.0 Å². The maximum Gasteiger partial charge on any atom is 0.159 e. The Kier molecular flexibility index (Phi) is 4.39. The van der Waals surface area contributed by atoms with Gasteiger partial charge in [-0.2, -0.15) is 0 Å². The van der Waals surface area contributed by atoms with Crippen molar-refractivity contribution in [1.29, 1.82) is 0 Å². The van der Waals surface area contributed by atoms with E-state index in [-0.39, 0.29) is 0 Å². The second kappa shape index (κ2) is 6.44. The van der Waals surface area contributed by atoms with Crippen LogP contribution in [0.3, 0.4) is 0 Å². The van der Waals surface area contributed by atoms with Crippen LogP contribution < -0.4 is 4.90 Å². The predicted molar refractivity (Wildman–Crippen MR) is 78.1 cm³/mol. The Labute approximate surface area is 112 Å². The standard InChI is InChI=1S/C8H6N2.C7H10N2/c1-3-7-4-2-6-10-8(7)9-5-1;1-9(2)7-3-5-8-6-4-7/h1-6H;3-6H,1-2H3. The average Bonchev–Trinajstić information content (AvgIpc) is 2.49. The molecule has 0 fully saturated rings. The van der Waals surface area contributed by atoms with Crippen LogP contribution >= 0.6 is 0 Å². The predicted octanol–water partition coefficient (Wildman–Crippen LogP) is 2.78. The monoisotopic (exact) mass is 252 g/mol. The molecule has 3 heterocycles. The third-order valence-electron chi connectivity index (χ3n) is 2.55. The maximum atomic E-state index is 4.07. The van der Waals surface area contributed by atoms with Crippen LogP contribution in [0, 0.1) is 0 Å². The molecule has 3 rings (SSSR count). The average molecular weight is 252 g/mol. The number of hydrogen-bond acceptors (Lipinski definition) is 4. The number of fused-ring (bicyclic) bond motifs is 1. The van der Waals surface area contributed by atoms with Crippen LogP contribution in [-0.2, 0) is 0 Å². The van der Waals surface area contributed by atoms with Crippen LogP contribution in [0.1, 0.15) is 0 Å². The number of rotatable bonds is 1. The SMILES string of the molecule is CN(C)c1ccncc1.c1cnc2ncccc2c1. The third kappa shape index (κ3) is 3.74. The summed E-state index contributed by atoms with van der Waals surface area (Å²) in [6.07, 6.45) is 7.06. The van der Waals surface area contributed by atoms with Gasteiger partial charge in [-0.3, -0.25) is 4.98 Å². The Hall–Kier alpha value is -2.49. The summed E-state index contributed by atoms with van der Waals surface area (Å²) in [7, 11) is 4.02. The van der Waals surface area contributed by atoms with Gasteiger partial charge in [0.15, 0.2) is 5.65 Å². The van der Waals surface area contributed by atoms with Gasteiger partial charge in [0.2, 0.25) is 0 Å². The van der Waals surface area contributed by atoms with Gasteiger partial charge in [-0.15, -0.1) is 0 Å². The van der Waals surface area contributed by atoms with Gasteiger partial charge in [-0.05, 0) is 36.4 Å². The molecule has 0 radical (unpaired) electrons. The van der Waals surface area contributed by atoms with Crippen molar-refractivity contribution in [2.24, 2.45) is 0 Å². The molecule has 0 saturated carbocycles. The molecular formula is C15H16N4. The molecule has 0 aliphatic carbocycles. The molecule has 3 aromatic heterocycles. The van der Waals surface area contributed by atoms with Gasteiger partial charge in [0.05, 0.1) is 0 Å². The van der Waals surface area contributed by atoms with Crippen molar-refractivity contribution >= 4 is 16.7 Å². The number of nitrogens with zero attached hydrogens (tertiary/aromatic N) is 4. The quantitative estimate of drug-likeness (QED) is 0.668. The summed E-state index contributed by atoms with van der Waals surface area (Å²) in [4.78, 5) is 14.1. The third-order valence-corrected chi connectivity index (χ3v) is 2.55. The van der Waals surface area contributed by atoms with Gasteiger partial charge in [0, 0.05) is 50.0 Å². The van der Waals surface area contributed by atoms with Crippen molar-refractivity contribution in [3.05, 3.63) is 61.2 Å². The molecule has 4 nitrogen and oxygen atoms in total. The molecule has 96 valence electrons. The molecule has 0 spiro atoms. The number of anilines is 1. The summed E-state index contributed by atoms with van der Waals surface area (Å²) in [5.41, 5.74) is 2.00. The number of hydrogen-bond donors (Lipinski definition) is 0. The lowest BCUT2D eigenvalue weighted by molar-refractivity contribution is 1.12. The van der Waals surface area contributed by atoms with Crippen LogP contribution in [0.2, 0.25) is 0 Å². The van der Waals surface area contributed by atoms with E-state index >= 15 is 0 Å². The molecule has 0 aliphatic rings. The highest BCUT2D eigenvalue weighted by Crippen LogP contribution is 2.06. The maximum absolute atomic E-state index is 4.07. The first-order chi connectivity index (χ1) is 9.27. The molecule has 4 heteroatoms. The highest BCUT2D eigenvalue weighted by molar-refractivity contribution is 5.73. The summed E-state index contributed by atoms with van der Waals surface area (Å²) >= 11 is 0. The van der Waals surface area contributed by atoms with Crippen molar-refractivity contribution in [1.82, 2.24) is 15.0 Å². The summed E-state index contributed by atoms with van der Waals surface area (Å²) in [6, 6.07) is 11.7. The summed E-state index contributed by atoms with van der Waals surface area (Å²) in [5, 5.41) is 1.09. The molecule has 0 aromatic carbocycles. The molecule has 19 heavy (non-hydrogen) atoms. The highest BCUT2D eigenvalue weighted by atomic mass is 15.1. The fraction of sp³-hybridized carbons (Fsp3) is 0.133. The smallest absolute Gasteiger partial charge is 0.159 e. The molecule has 0 atom stereocenters. The van der Waals surface area contributed by atoms with Crippen LogP contribution in [0.25, 0.3) is 11.0 Å². The zero-order chi connectivity index (χ0) is 13.5. The minimum Gasteiger partial charge on any atom is -0.378 e. The Balaban J connectivity index is 0.000000141. The first-order valence-electron chi connectivity index (χ1n) is 6.00. The summed E-state index contributed by atoms with van der Waals surface area (Å²) < 4.78 is 0. The molecule has 3 aromatic rings. The second-order valence-electron chi connectivity index (χ2n) is 4.15. The van der Waals surface area contributed by atoms with Crippen LogP contribution in [0.15, 0.2) is 61.2 Å². The van der Waals surface area contributed by atoms with Gasteiger partial charge in [-0.1, -0.05) is 0 Å². The lowest BCUT2D eigenvalue weighted by Gasteiger charge is -2.10. The Morgan fingerprint density at radius 3 is 1.79 bits per heavy atom. The molecule has 0 unspecified atom stereocenters. The first kappa shape index (κ1) is 13.0. The molecule has 0 amide bonds. The van der Waals surface area contributed by atoms with E-state index in [1.165, 1.54) is 5.69 Å². The second-order valence-corrected chi connectivity index (χ2v) is 4.15. The van der Waals surface area contributed by atoms with E-state index in [4.69, 9.17) is 0 Å². The lowest BCUT2D eigenvalue weighted by Crippen LogP contribution is -2.07. The van der Waals surface area contributed by atoms with E-state index in [0.29, 0.717) is 0 Å². The molecule has 0 aliphatic heterocycles. The number of pyridine rings is 3. The molecule has 0 saturated heterocycles. The first-order valence-corrected chi connectivity index (χ1v) is 6.00.